The van der Waals surface area contributed by atoms with Gasteiger partial charge in [-0.2, -0.15) is 13.2 Å². The summed E-state index contributed by atoms with van der Waals surface area (Å²) in [5, 5.41) is -0.257. The van der Waals surface area contributed by atoms with Crippen molar-refractivity contribution in [2.75, 3.05) is 13.7 Å². The van der Waals surface area contributed by atoms with E-state index in [1.165, 1.54) is 0 Å². The monoisotopic (exact) mass is 281 g/mol. The Bertz CT molecular complexity index is 460. The Hall–Kier alpha value is -1.27. The molecule has 1 aromatic rings. The third-order valence-electron chi connectivity index (χ3n) is 2.25. The van der Waals surface area contributed by atoms with Crippen molar-refractivity contribution in [1.82, 2.24) is 0 Å². The Balaban J connectivity index is 3.35. The molecule has 0 saturated carbocycles. The summed E-state index contributed by atoms with van der Waals surface area (Å²) < 4.78 is 42.9. The standard InChI is InChI=1S/C11H11ClF3NO2/c1-18-10-7(11(13,14)15)4-6(5-8(10)12)9(17)2-3-16/h4-5H,2-3,16H2,1H3. The lowest BCUT2D eigenvalue weighted by atomic mass is 10.0. The topological polar surface area (TPSA) is 52.3 Å². The van der Waals surface area contributed by atoms with Crippen molar-refractivity contribution in [3.05, 3.63) is 28.3 Å². The van der Waals surface area contributed by atoms with Gasteiger partial charge in [-0.3, -0.25) is 4.79 Å². The maximum Gasteiger partial charge on any atom is 0.420 e. The number of hydrogen-bond acceptors (Lipinski definition) is 3. The zero-order valence-corrected chi connectivity index (χ0v) is 10.2. The molecule has 0 unspecified atom stereocenters. The first-order valence-corrected chi connectivity index (χ1v) is 5.37. The number of alkyl halides is 3. The summed E-state index contributed by atoms with van der Waals surface area (Å²) >= 11 is 5.68. The van der Waals surface area contributed by atoms with Crippen LogP contribution in [0.2, 0.25) is 5.02 Å². The van der Waals surface area contributed by atoms with Crippen LogP contribution in [0.4, 0.5) is 13.2 Å². The lowest BCUT2D eigenvalue weighted by Gasteiger charge is -2.14. The van der Waals surface area contributed by atoms with Crippen LogP contribution in [0.3, 0.4) is 0 Å². The van der Waals surface area contributed by atoms with E-state index in [1.807, 2.05) is 0 Å². The van der Waals surface area contributed by atoms with Gasteiger partial charge < -0.3 is 10.5 Å². The summed E-state index contributed by atoms with van der Waals surface area (Å²) in [5.41, 5.74) is 3.99. The molecule has 0 atom stereocenters. The molecule has 0 saturated heterocycles. The number of methoxy groups -OCH3 is 1. The maximum absolute atomic E-state index is 12.8. The second kappa shape index (κ2) is 5.58. The predicted molar refractivity (Wildman–Crippen MR) is 61.0 cm³/mol. The minimum absolute atomic E-state index is 0.0417. The molecule has 18 heavy (non-hydrogen) atoms. The highest BCUT2D eigenvalue weighted by Crippen LogP contribution is 2.41. The molecule has 0 spiro atoms. The Morgan fingerprint density at radius 3 is 2.50 bits per heavy atom. The van der Waals surface area contributed by atoms with E-state index in [0.29, 0.717) is 0 Å². The van der Waals surface area contributed by atoms with Crippen molar-refractivity contribution in [3.8, 4) is 5.75 Å². The number of benzene rings is 1. The van der Waals surface area contributed by atoms with E-state index < -0.39 is 23.3 Å². The fourth-order valence-electron chi connectivity index (χ4n) is 1.45. The van der Waals surface area contributed by atoms with E-state index in [-0.39, 0.29) is 23.6 Å². The Morgan fingerprint density at radius 1 is 1.44 bits per heavy atom. The SMILES string of the molecule is COc1c(Cl)cc(C(=O)CCN)cc1C(F)(F)F. The summed E-state index contributed by atoms with van der Waals surface area (Å²) in [6.07, 6.45) is -4.69. The number of halogens is 4. The molecule has 100 valence electrons. The van der Waals surface area contributed by atoms with Crippen LogP contribution in [0, 0.1) is 0 Å². The maximum atomic E-state index is 12.8. The number of ketones is 1. The molecule has 0 radical (unpaired) electrons. The molecule has 7 heteroatoms. The first kappa shape index (κ1) is 14.8. The van der Waals surface area contributed by atoms with Gasteiger partial charge in [0.1, 0.15) is 5.75 Å². The van der Waals surface area contributed by atoms with Crippen LogP contribution in [0.15, 0.2) is 12.1 Å². The minimum atomic E-state index is -4.64. The van der Waals surface area contributed by atoms with Crippen LogP contribution >= 0.6 is 11.6 Å². The average molecular weight is 282 g/mol. The smallest absolute Gasteiger partial charge is 0.420 e. The molecule has 0 aliphatic heterocycles. The Morgan fingerprint density at radius 2 is 2.06 bits per heavy atom. The highest BCUT2D eigenvalue weighted by molar-refractivity contribution is 6.32. The second-order valence-corrected chi connectivity index (χ2v) is 3.91. The molecule has 3 nitrogen and oxygen atoms in total. The fourth-order valence-corrected chi connectivity index (χ4v) is 1.74. The van der Waals surface area contributed by atoms with Crippen molar-refractivity contribution in [2.24, 2.45) is 5.73 Å². The Kier molecular flexibility index (Phi) is 4.59. The first-order chi connectivity index (χ1) is 8.31. The molecule has 2 N–H and O–H groups in total. The predicted octanol–water partition coefficient (Wildman–Crippen LogP) is 2.90. The summed E-state index contributed by atoms with van der Waals surface area (Å²) in [6, 6.07) is 1.87. The molecular formula is C11H11ClF3NO2. The van der Waals surface area contributed by atoms with Gasteiger partial charge in [-0.15, -0.1) is 0 Å². The van der Waals surface area contributed by atoms with Crippen LogP contribution in [0.1, 0.15) is 22.3 Å². The number of rotatable bonds is 4. The average Bonchev–Trinajstić information content (AvgIpc) is 2.27. The number of hydrogen-bond donors (Lipinski definition) is 1. The molecule has 0 aromatic heterocycles. The summed E-state index contributed by atoms with van der Waals surface area (Å²) in [4.78, 5) is 11.5. The quantitative estimate of drug-likeness (QED) is 0.864. The highest BCUT2D eigenvalue weighted by Gasteiger charge is 2.36. The van der Waals surface area contributed by atoms with Gasteiger partial charge in [-0.1, -0.05) is 11.6 Å². The zero-order valence-electron chi connectivity index (χ0n) is 9.47. The fraction of sp³-hybridized carbons (Fsp3) is 0.364. The molecule has 0 aliphatic rings. The van der Waals surface area contributed by atoms with E-state index in [1.54, 1.807) is 0 Å². The Labute approximate surface area is 107 Å². The molecule has 0 bridgehead atoms. The van der Waals surface area contributed by atoms with E-state index >= 15 is 0 Å². The summed E-state index contributed by atoms with van der Waals surface area (Å²) in [7, 11) is 1.08. The van der Waals surface area contributed by atoms with Crippen molar-refractivity contribution in [2.45, 2.75) is 12.6 Å². The van der Waals surface area contributed by atoms with Crippen LogP contribution in [-0.4, -0.2) is 19.4 Å². The molecule has 0 amide bonds. The molecule has 0 fully saturated rings. The van der Waals surface area contributed by atoms with Crippen molar-refractivity contribution in [1.29, 1.82) is 0 Å². The largest absolute Gasteiger partial charge is 0.495 e. The molecular weight excluding hydrogens is 271 g/mol. The van der Waals surface area contributed by atoms with Gasteiger partial charge in [0.15, 0.2) is 5.78 Å². The first-order valence-electron chi connectivity index (χ1n) is 4.99. The highest BCUT2D eigenvalue weighted by atomic mass is 35.5. The van der Waals surface area contributed by atoms with E-state index in [2.05, 4.69) is 4.74 Å². The lowest BCUT2D eigenvalue weighted by molar-refractivity contribution is -0.138. The van der Waals surface area contributed by atoms with E-state index in [9.17, 15) is 18.0 Å². The van der Waals surface area contributed by atoms with Gasteiger partial charge in [-0.25, -0.2) is 0 Å². The van der Waals surface area contributed by atoms with Gasteiger partial charge in [-0.05, 0) is 18.7 Å². The second-order valence-electron chi connectivity index (χ2n) is 3.50. The third-order valence-corrected chi connectivity index (χ3v) is 2.53. The molecule has 1 rings (SSSR count). The molecule has 1 aromatic carbocycles. The number of ether oxygens (including phenoxy) is 1. The van der Waals surface area contributed by atoms with Crippen LogP contribution in [0.5, 0.6) is 5.75 Å². The van der Waals surface area contributed by atoms with Gasteiger partial charge >= 0.3 is 6.18 Å². The molecule has 0 aliphatic carbocycles. The van der Waals surface area contributed by atoms with Gasteiger partial charge in [0, 0.05) is 12.0 Å². The van der Waals surface area contributed by atoms with Gasteiger partial charge in [0.25, 0.3) is 0 Å². The van der Waals surface area contributed by atoms with Crippen LogP contribution < -0.4 is 10.5 Å². The van der Waals surface area contributed by atoms with E-state index in [0.717, 1.165) is 19.2 Å². The summed E-state index contributed by atoms with van der Waals surface area (Å²) in [6.45, 7) is 0.0594. The van der Waals surface area contributed by atoms with Gasteiger partial charge in [0.2, 0.25) is 0 Å². The number of carbonyl (C=O) groups is 1. The lowest BCUT2D eigenvalue weighted by Crippen LogP contribution is -2.12. The van der Waals surface area contributed by atoms with Gasteiger partial charge in [0.05, 0.1) is 17.7 Å². The normalized spacial score (nSPS) is 11.4. The number of Topliss-reactive ketones (excluding diaryl/α,β-unsaturated/α-hetero) is 1. The van der Waals surface area contributed by atoms with Crippen molar-refractivity contribution in [3.63, 3.8) is 0 Å². The number of nitrogens with two attached hydrogens (primary N) is 1. The summed E-state index contributed by atoms with van der Waals surface area (Å²) in [5.74, 6) is -0.985. The molecule has 0 heterocycles. The van der Waals surface area contributed by atoms with Crippen molar-refractivity contribution < 1.29 is 22.7 Å². The van der Waals surface area contributed by atoms with Crippen LogP contribution in [0.25, 0.3) is 0 Å². The zero-order chi connectivity index (χ0) is 13.9. The minimum Gasteiger partial charge on any atom is -0.495 e. The van der Waals surface area contributed by atoms with E-state index in [4.69, 9.17) is 17.3 Å². The third kappa shape index (κ3) is 3.14. The van der Waals surface area contributed by atoms with Crippen LogP contribution in [-0.2, 0) is 6.18 Å². The number of carbonyl (C=O) groups excluding carboxylic acids is 1. The van der Waals surface area contributed by atoms with Crippen molar-refractivity contribution >= 4 is 17.4 Å².